The number of benzene rings is 1. The van der Waals surface area contributed by atoms with Crippen LogP contribution in [0.1, 0.15) is 22.9 Å². The van der Waals surface area contributed by atoms with Crippen molar-refractivity contribution in [3.8, 4) is 0 Å². The summed E-state index contributed by atoms with van der Waals surface area (Å²) >= 11 is 5.99. The first-order valence-electron chi connectivity index (χ1n) is 8.86. The summed E-state index contributed by atoms with van der Waals surface area (Å²) in [4.78, 5) is 17.1. The van der Waals surface area contributed by atoms with Crippen molar-refractivity contribution in [3.05, 3.63) is 82.3 Å². The summed E-state index contributed by atoms with van der Waals surface area (Å²) < 4.78 is 40.7. The minimum Gasteiger partial charge on any atom is -0.356 e. The average Bonchev–Trinajstić information content (AvgIpc) is 3.06. The molecule has 5 rings (SSSR count). The third-order valence-electron chi connectivity index (χ3n) is 5.10. The van der Waals surface area contributed by atoms with E-state index in [9.17, 15) is 13.2 Å². The van der Waals surface area contributed by atoms with E-state index in [2.05, 4.69) is 19.9 Å². The average molecular weight is 416 g/mol. The van der Waals surface area contributed by atoms with Gasteiger partial charge in [-0.25, -0.2) is 23.7 Å². The second kappa shape index (κ2) is 6.73. The number of hydrogen-bond acceptors (Lipinski definition) is 4. The van der Waals surface area contributed by atoms with Gasteiger partial charge in [-0.05, 0) is 35.7 Å². The fourth-order valence-corrected chi connectivity index (χ4v) is 4.01. The molecule has 1 unspecified atom stereocenters. The van der Waals surface area contributed by atoms with Gasteiger partial charge >= 0.3 is 0 Å². The van der Waals surface area contributed by atoms with E-state index >= 15 is 0 Å². The first-order chi connectivity index (χ1) is 14.0. The molecule has 1 atom stereocenters. The Bertz CT molecular complexity index is 1210. The quantitative estimate of drug-likeness (QED) is 0.487. The highest BCUT2D eigenvalue weighted by Gasteiger charge is 2.33. The minimum absolute atomic E-state index is 0.0450. The molecule has 0 bridgehead atoms. The molecule has 0 aliphatic carbocycles. The van der Waals surface area contributed by atoms with Crippen LogP contribution in [0.3, 0.4) is 0 Å². The van der Waals surface area contributed by atoms with Crippen molar-refractivity contribution in [1.29, 1.82) is 0 Å². The standard InChI is InChI=1S/C20H13ClF3N5/c21-14-5-13-12-3-4-29(20-26-8-11(22)9-27-20)19(10-1-2-17(24)25-7-10)18(12)28-16(13)6-15(14)23/h1-2,5-9,19,28H,3-4H2. The number of rotatable bonds is 2. The topological polar surface area (TPSA) is 57.7 Å². The Hall–Kier alpha value is -3.13. The summed E-state index contributed by atoms with van der Waals surface area (Å²) in [5.41, 5.74) is 3.07. The normalized spacial score (nSPS) is 16.3. The number of hydrogen-bond donors (Lipinski definition) is 1. The number of nitrogens with zero attached hydrogens (tertiary/aromatic N) is 4. The van der Waals surface area contributed by atoms with Gasteiger partial charge in [-0.2, -0.15) is 4.39 Å². The van der Waals surface area contributed by atoms with Gasteiger partial charge in [0.1, 0.15) is 5.82 Å². The molecule has 9 heteroatoms. The molecule has 4 heterocycles. The summed E-state index contributed by atoms with van der Waals surface area (Å²) in [5, 5.41) is 0.870. The zero-order valence-corrected chi connectivity index (χ0v) is 15.6. The first kappa shape index (κ1) is 17.9. The lowest BCUT2D eigenvalue weighted by Crippen LogP contribution is -2.37. The van der Waals surface area contributed by atoms with Crippen molar-refractivity contribution in [3.63, 3.8) is 0 Å². The molecule has 0 spiro atoms. The van der Waals surface area contributed by atoms with E-state index in [-0.39, 0.29) is 5.02 Å². The SMILES string of the molecule is Fc1cnc(N2CCc3c([nH]c4cc(F)c(Cl)cc34)C2c2ccc(F)nc2)nc1. The van der Waals surface area contributed by atoms with Crippen LogP contribution in [0.5, 0.6) is 0 Å². The van der Waals surface area contributed by atoms with Gasteiger partial charge in [0.15, 0.2) is 5.82 Å². The number of halogens is 4. The zero-order chi connectivity index (χ0) is 20.1. The fraction of sp³-hybridized carbons (Fsp3) is 0.150. The van der Waals surface area contributed by atoms with Crippen molar-refractivity contribution < 1.29 is 13.2 Å². The zero-order valence-electron chi connectivity index (χ0n) is 14.8. The highest BCUT2D eigenvalue weighted by atomic mass is 35.5. The van der Waals surface area contributed by atoms with Crippen LogP contribution in [0.4, 0.5) is 19.1 Å². The number of anilines is 1. The van der Waals surface area contributed by atoms with Gasteiger partial charge in [0.25, 0.3) is 0 Å². The minimum atomic E-state index is -0.597. The molecule has 1 aromatic carbocycles. The maximum atomic E-state index is 14.0. The van der Waals surface area contributed by atoms with Crippen molar-refractivity contribution in [1.82, 2.24) is 19.9 Å². The van der Waals surface area contributed by atoms with Crippen LogP contribution in [-0.2, 0) is 6.42 Å². The number of pyridine rings is 1. The third kappa shape index (κ3) is 3.00. The summed E-state index contributed by atoms with van der Waals surface area (Å²) in [7, 11) is 0. The number of fused-ring (bicyclic) bond motifs is 3. The van der Waals surface area contributed by atoms with E-state index in [0.717, 1.165) is 29.0 Å². The van der Waals surface area contributed by atoms with Crippen LogP contribution < -0.4 is 4.90 Å². The highest BCUT2D eigenvalue weighted by molar-refractivity contribution is 6.31. The van der Waals surface area contributed by atoms with Gasteiger partial charge < -0.3 is 9.88 Å². The van der Waals surface area contributed by atoms with Crippen molar-refractivity contribution in [2.45, 2.75) is 12.5 Å². The third-order valence-corrected chi connectivity index (χ3v) is 5.39. The molecular weight excluding hydrogens is 403 g/mol. The lowest BCUT2D eigenvalue weighted by Gasteiger charge is -2.36. The molecular formula is C20H13ClF3N5. The molecule has 5 nitrogen and oxygen atoms in total. The molecule has 0 amide bonds. The van der Waals surface area contributed by atoms with E-state index in [1.807, 2.05) is 4.90 Å². The van der Waals surface area contributed by atoms with E-state index in [4.69, 9.17) is 11.6 Å². The largest absolute Gasteiger partial charge is 0.356 e. The molecule has 0 saturated heterocycles. The van der Waals surface area contributed by atoms with E-state index in [0.29, 0.717) is 30.0 Å². The van der Waals surface area contributed by atoms with Crippen molar-refractivity contribution >= 4 is 28.5 Å². The summed E-state index contributed by atoms with van der Waals surface area (Å²) in [6.45, 7) is 0.516. The van der Waals surface area contributed by atoms with Crippen LogP contribution >= 0.6 is 11.6 Å². The number of nitrogens with one attached hydrogen (secondary N) is 1. The van der Waals surface area contributed by atoms with E-state index in [1.165, 1.54) is 18.3 Å². The van der Waals surface area contributed by atoms with Gasteiger partial charge in [0, 0.05) is 29.3 Å². The number of aromatic nitrogens is 4. The van der Waals surface area contributed by atoms with Crippen LogP contribution in [0.15, 0.2) is 42.9 Å². The molecule has 4 aromatic rings. The number of aromatic amines is 1. The molecule has 0 saturated carbocycles. The fourth-order valence-electron chi connectivity index (χ4n) is 3.85. The Morgan fingerprint density at radius 2 is 1.83 bits per heavy atom. The Labute approximate surface area is 168 Å². The lowest BCUT2D eigenvalue weighted by atomic mass is 9.93. The van der Waals surface area contributed by atoms with Crippen LogP contribution in [0.25, 0.3) is 10.9 Å². The molecule has 1 aliphatic heterocycles. The maximum Gasteiger partial charge on any atom is 0.226 e. The molecule has 29 heavy (non-hydrogen) atoms. The highest BCUT2D eigenvalue weighted by Crippen LogP contribution is 2.40. The van der Waals surface area contributed by atoms with Crippen molar-refractivity contribution in [2.24, 2.45) is 0 Å². The molecule has 1 aliphatic rings. The second-order valence-corrected chi connectivity index (χ2v) is 7.20. The monoisotopic (exact) mass is 415 g/mol. The van der Waals surface area contributed by atoms with Gasteiger partial charge in [0.2, 0.25) is 11.9 Å². The Kier molecular flexibility index (Phi) is 4.16. The van der Waals surface area contributed by atoms with Gasteiger partial charge in [-0.3, -0.25) is 0 Å². The first-order valence-corrected chi connectivity index (χ1v) is 9.24. The molecule has 3 aromatic heterocycles. The second-order valence-electron chi connectivity index (χ2n) is 6.79. The summed E-state index contributed by atoms with van der Waals surface area (Å²) in [6.07, 6.45) is 4.24. The van der Waals surface area contributed by atoms with Crippen LogP contribution in [0.2, 0.25) is 5.02 Å². The molecule has 0 fully saturated rings. The smallest absolute Gasteiger partial charge is 0.226 e. The predicted octanol–water partition coefficient (Wildman–Crippen LogP) is 4.58. The Morgan fingerprint density at radius 1 is 1.03 bits per heavy atom. The van der Waals surface area contributed by atoms with Gasteiger partial charge in [-0.1, -0.05) is 17.7 Å². The molecule has 0 radical (unpaired) electrons. The van der Waals surface area contributed by atoms with Crippen molar-refractivity contribution in [2.75, 3.05) is 11.4 Å². The predicted molar refractivity (Wildman–Crippen MR) is 102 cm³/mol. The molecule has 1 N–H and O–H groups in total. The summed E-state index contributed by atoms with van der Waals surface area (Å²) in [6, 6.07) is 5.41. The van der Waals surface area contributed by atoms with Gasteiger partial charge in [-0.15, -0.1) is 0 Å². The Morgan fingerprint density at radius 3 is 2.55 bits per heavy atom. The van der Waals surface area contributed by atoms with Crippen LogP contribution in [-0.4, -0.2) is 26.5 Å². The Balaban J connectivity index is 1.71. The lowest BCUT2D eigenvalue weighted by molar-refractivity contribution is 0.573. The van der Waals surface area contributed by atoms with Gasteiger partial charge in [0.05, 0.1) is 23.5 Å². The molecule has 146 valence electrons. The maximum absolute atomic E-state index is 14.0. The number of H-pyrrole nitrogens is 1. The van der Waals surface area contributed by atoms with E-state index < -0.39 is 23.6 Å². The van der Waals surface area contributed by atoms with Crippen LogP contribution in [0, 0.1) is 17.6 Å². The summed E-state index contributed by atoms with van der Waals surface area (Å²) in [5.74, 6) is -1.33. The van der Waals surface area contributed by atoms with E-state index in [1.54, 1.807) is 12.1 Å².